The molecule has 2 aromatic rings. The Labute approximate surface area is 105 Å². The van der Waals surface area contributed by atoms with Crippen LogP contribution in [0.4, 0.5) is 0 Å². The van der Waals surface area contributed by atoms with Crippen LogP contribution in [0.15, 0.2) is 27.4 Å². The van der Waals surface area contributed by atoms with Crippen molar-refractivity contribution in [3.63, 3.8) is 0 Å². The lowest BCUT2D eigenvalue weighted by atomic mass is 10.1. The monoisotopic (exact) mass is 250 g/mol. The Hall–Kier alpha value is -1.59. The first-order chi connectivity index (χ1) is 8.37. The van der Waals surface area contributed by atoms with Crippen LogP contribution in [-0.4, -0.2) is 21.8 Å². The van der Waals surface area contributed by atoms with Crippen molar-refractivity contribution in [2.45, 2.75) is 26.0 Å². The molecule has 0 radical (unpaired) electrons. The van der Waals surface area contributed by atoms with Gasteiger partial charge in [-0.2, -0.15) is 0 Å². The summed E-state index contributed by atoms with van der Waals surface area (Å²) in [6.45, 7) is 4.63. The van der Waals surface area contributed by atoms with Gasteiger partial charge in [0.1, 0.15) is 0 Å². The van der Waals surface area contributed by atoms with E-state index in [-0.39, 0.29) is 5.76 Å². The van der Waals surface area contributed by atoms with E-state index in [0.717, 1.165) is 11.1 Å². The molecule has 5 nitrogen and oxygen atoms in total. The number of oxazole rings is 1. The third-order valence-corrected chi connectivity index (χ3v) is 2.74. The highest BCUT2D eigenvalue weighted by Crippen LogP contribution is 2.14. The van der Waals surface area contributed by atoms with Crippen LogP contribution in [0.3, 0.4) is 0 Å². The van der Waals surface area contributed by atoms with Gasteiger partial charge in [-0.05, 0) is 31.5 Å². The summed E-state index contributed by atoms with van der Waals surface area (Å²) < 4.78 is 6.59. The SMILES string of the molecule is Cn1c(=O)oc2cc(CNCC(C)(C)O)ccc21. The zero-order chi connectivity index (χ0) is 13.3. The van der Waals surface area contributed by atoms with Gasteiger partial charge in [-0.25, -0.2) is 4.79 Å². The molecule has 0 atom stereocenters. The van der Waals surface area contributed by atoms with Crippen molar-refractivity contribution in [3.05, 3.63) is 34.3 Å². The summed E-state index contributed by atoms with van der Waals surface area (Å²) in [5.74, 6) is -0.355. The Morgan fingerprint density at radius 2 is 2.17 bits per heavy atom. The highest BCUT2D eigenvalue weighted by Gasteiger charge is 2.11. The van der Waals surface area contributed by atoms with E-state index in [1.54, 1.807) is 20.9 Å². The van der Waals surface area contributed by atoms with Crippen LogP contribution in [0.1, 0.15) is 19.4 Å². The molecular weight excluding hydrogens is 232 g/mol. The molecular formula is C13H18N2O3. The number of rotatable bonds is 4. The van der Waals surface area contributed by atoms with Crippen molar-refractivity contribution in [2.75, 3.05) is 6.54 Å². The van der Waals surface area contributed by atoms with Crippen LogP contribution in [0.2, 0.25) is 0 Å². The number of hydrogen-bond acceptors (Lipinski definition) is 4. The molecule has 0 fully saturated rings. The van der Waals surface area contributed by atoms with Crippen LogP contribution >= 0.6 is 0 Å². The fraction of sp³-hybridized carbons (Fsp3) is 0.462. The lowest BCUT2D eigenvalue weighted by Gasteiger charge is -2.17. The zero-order valence-electron chi connectivity index (χ0n) is 10.9. The van der Waals surface area contributed by atoms with Crippen molar-refractivity contribution in [3.8, 4) is 0 Å². The van der Waals surface area contributed by atoms with Crippen molar-refractivity contribution in [1.29, 1.82) is 0 Å². The van der Waals surface area contributed by atoms with Gasteiger partial charge in [-0.3, -0.25) is 4.57 Å². The highest BCUT2D eigenvalue weighted by atomic mass is 16.4. The van der Waals surface area contributed by atoms with Crippen LogP contribution in [-0.2, 0) is 13.6 Å². The summed E-state index contributed by atoms with van der Waals surface area (Å²) in [4.78, 5) is 11.3. The average molecular weight is 250 g/mol. The molecule has 2 N–H and O–H groups in total. The minimum atomic E-state index is -0.733. The first kappa shape index (κ1) is 12.9. The number of aliphatic hydroxyl groups is 1. The number of nitrogens with zero attached hydrogens (tertiary/aromatic N) is 1. The lowest BCUT2D eigenvalue weighted by Crippen LogP contribution is -2.34. The normalized spacial score (nSPS) is 12.2. The topological polar surface area (TPSA) is 67.4 Å². The van der Waals surface area contributed by atoms with E-state index in [2.05, 4.69) is 5.32 Å². The maximum Gasteiger partial charge on any atom is 0.419 e. The van der Waals surface area contributed by atoms with E-state index in [1.165, 1.54) is 4.57 Å². The van der Waals surface area contributed by atoms with Crippen molar-refractivity contribution >= 4 is 11.1 Å². The van der Waals surface area contributed by atoms with Gasteiger partial charge in [0, 0.05) is 20.1 Å². The number of benzene rings is 1. The van der Waals surface area contributed by atoms with Crippen LogP contribution < -0.4 is 11.1 Å². The molecule has 0 aliphatic carbocycles. The second kappa shape index (κ2) is 4.59. The van der Waals surface area contributed by atoms with Crippen LogP contribution in [0.25, 0.3) is 11.1 Å². The largest absolute Gasteiger partial charge is 0.419 e. The van der Waals surface area contributed by atoms with Gasteiger partial charge in [0.15, 0.2) is 5.58 Å². The van der Waals surface area contributed by atoms with E-state index in [9.17, 15) is 9.90 Å². The van der Waals surface area contributed by atoms with E-state index in [0.29, 0.717) is 18.7 Å². The molecule has 18 heavy (non-hydrogen) atoms. The van der Waals surface area contributed by atoms with Gasteiger partial charge in [0.05, 0.1) is 11.1 Å². The number of fused-ring (bicyclic) bond motifs is 1. The van der Waals surface area contributed by atoms with Gasteiger partial charge in [-0.15, -0.1) is 0 Å². The Morgan fingerprint density at radius 1 is 1.44 bits per heavy atom. The van der Waals surface area contributed by atoms with Crippen LogP contribution in [0, 0.1) is 0 Å². The maximum atomic E-state index is 11.3. The molecule has 0 aliphatic rings. The maximum absolute atomic E-state index is 11.3. The summed E-state index contributed by atoms with van der Waals surface area (Å²) >= 11 is 0. The standard InChI is InChI=1S/C13H18N2O3/c1-13(2,17)8-14-7-9-4-5-10-11(6-9)18-12(16)15(10)3/h4-6,14,17H,7-8H2,1-3H3. The molecule has 1 aromatic carbocycles. The van der Waals surface area contributed by atoms with Crippen molar-refractivity contribution in [2.24, 2.45) is 7.05 Å². The second-order valence-electron chi connectivity index (χ2n) is 5.15. The molecule has 0 spiro atoms. The first-order valence-corrected chi connectivity index (χ1v) is 5.88. The predicted octanol–water partition coefficient (Wildman–Crippen LogP) is 0.992. The molecule has 2 rings (SSSR count). The van der Waals surface area contributed by atoms with E-state index in [4.69, 9.17) is 4.42 Å². The van der Waals surface area contributed by atoms with Gasteiger partial charge in [0.25, 0.3) is 0 Å². The number of nitrogens with one attached hydrogen (secondary N) is 1. The number of aromatic nitrogens is 1. The summed E-state index contributed by atoms with van der Waals surface area (Å²) in [5, 5.41) is 12.7. The summed E-state index contributed by atoms with van der Waals surface area (Å²) in [6, 6.07) is 5.64. The average Bonchev–Trinajstić information content (AvgIpc) is 2.53. The van der Waals surface area contributed by atoms with Crippen LogP contribution in [0.5, 0.6) is 0 Å². The molecule has 1 aromatic heterocycles. The fourth-order valence-corrected chi connectivity index (χ4v) is 1.80. The smallest absolute Gasteiger partial charge is 0.408 e. The Kier molecular flexibility index (Phi) is 3.28. The Morgan fingerprint density at radius 3 is 2.83 bits per heavy atom. The molecule has 5 heteroatoms. The lowest BCUT2D eigenvalue weighted by molar-refractivity contribution is 0.0795. The fourth-order valence-electron chi connectivity index (χ4n) is 1.80. The van der Waals surface area contributed by atoms with E-state index < -0.39 is 5.60 Å². The van der Waals surface area contributed by atoms with E-state index in [1.807, 2.05) is 18.2 Å². The second-order valence-corrected chi connectivity index (χ2v) is 5.15. The molecule has 98 valence electrons. The van der Waals surface area contributed by atoms with Crippen molar-refractivity contribution in [1.82, 2.24) is 9.88 Å². The third kappa shape index (κ3) is 2.80. The molecule has 0 aliphatic heterocycles. The molecule has 0 unspecified atom stereocenters. The Bertz CT molecular complexity index is 605. The summed E-state index contributed by atoms with van der Waals surface area (Å²) in [5.41, 5.74) is 1.65. The predicted molar refractivity (Wildman–Crippen MR) is 69.5 cm³/mol. The molecule has 1 heterocycles. The third-order valence-electron chi connectivity index (χ3n) is 2.74. The van der Waals surface area contributed by atoms with Gasteiger partial charge in [0.2, 0.25) is 0 Å². The number of hydrogen-bond donors (Lipinski definition) is 2. The quantitative estimate of drug-likeness (QED) is 0.849. The number of aryl methyl sites for hydroxylation is 1. The highest BCUT2D eigenvalue weighted by molar-refractivity contribution is 5.73. The van der Waals surface area contributed by atoms with Crippen molar-refractivity contribution < 1.29 is 9.52 Å². The summed E-state index contributed by atoms with van der Waals surface area (Å²) in [6.07, 6.45) is 0. The molecule has 0 saturated carbocycles. The van der Waals surface area contributed by atoms with Gasteiger partial charge >= 0.3 is 5.76 Å². The first-order valence-electron chi connectivity index (χ1n) is 5.88. The molecule has 0 amide bonds. The Balaban J connectivity index is 2.13. The molecule has 0 bridgehead atoms. The molecule has 0 saturated heterocycles. The summed E-state index contributed by atoms with van der Waals surface area (Å²) in [7, 11) is 1.68. The minimum absolute atomic E-state index is 0.355. The minimum Gasteiger partial charge on any atom is -0.408 e. The van der Waals surface area contributed by atoms with Gasteiger partial charge < -0.3 is 14.8 Å². The van der Waals surface area contributed by atoms with E-state index >= 15 is 0 Å². The zero-order valence-corrected chi connectivity index (χ0v) is 10.9. The van der Waals surface area contributed by atoms with Gasteiger partial charge in [-0.1, -0.05) is 6.07 Å².